The third-order valence-corrected chi connectivity index (χ3v) is 3.87. The average Bonchev–Trinajstić information content (AvgIpc) is 2.39. The Labute approximate surface area is 125 Å². The highest BCUT2D eigenvalue weighted by atomic mass is 79.9. The van der Waals surface area contributed by atoms with Gasteiger partial charge >= 0.3 is 0 Å². The average molecular weight is 335 g/mol. The number of hydrogen-bond donors (Lipinski definition) is 1. The molecular weight excluding hydrogens is 320 g/mol. The van der Waals surface area contributed by atoms with E-state index in [1.54, 1.807) is 0 Å². The third-order valence-electron chi connectivity index (χ3n) is 3.42. The zero-order chi connectivity index (χ0) is 14.1. The van der Waals surface area contributed by atoms with Crippen molar-refractivity contribution in [1.29, 1.82) is 0 Å². The molecule has 2 aromatic rings. The fraction of sp³-hybridized carbons (Fsp3) is 0.357. The Hall–Kier alpha value is -1.53. The number of aryl methyl sites for hydroxylation is 1. The van der Waals surface area contributed by atoms with Gasteiger partial charge in [0.25, 0.3) is 5.56 Å². The van der Waals surface area contributed by atoms with Crippen LogP contribution in [0.15, 0.2) is 27.6 Å². The molecule has 3 rings (SSSR count). The molecule has 0 saturated carbocycles. The quantitative estimate of drug-likeness (QED) is 0.850. The van der Waals surface area contributed by atoms with Crippen LogP contribution >= 0.6 is 15.9 Å². The zero-order valence-electron chi connectivity index (χ0n) is 11.2. The summed E-state index contributed by atoms with van der Waals surface area (Å²) in [6.45, 7) is 4.09. The van der Waals surface area contributed by atoms with Gasteiger partial charge in [0.1, 0.15) is 10.4 Å². The van der Waals surface area contributed by atoms with Crippen LogP contribution in [0.3, 0.4) is 0 Å². The normalized spacial score (nSPS) is 15.1. The van der Waals surface area contributed by atoms with Crippen molar-refractivity contribution in [3.05, 3.63) is 55.9 Å². The molecule has 2 aromatic heterocycles. The molecule has 0 bridgehead atoms. The van der Waals surface area contributed by atoms with E-state index in [0.29, 0.717) is 12.4 Å². The number of pyridine rings is 1. The molecule has 0 atom stereocenters. The predicted octanol–water partition coefficient (Wildman–Crippen LogP) is 1.79. The number of fused-ring (bicyclic) bond motifs is 1. The molecule has 1 aliphatic rings. The lowest BCUT2D eigenvalue weighted by atomic mass is 10.1. The third kappa shape index (κ3) is 2.81. The first-order valence-electron chi connectivity index (χ1n) is 6.54. The molecule has 0 saturated heterocycles. The molecule has 0 radical (unpaired) electrons. The van der Waals surface area contributed by atoms with Gasteiger partial charge in [0.15, 0.2) is 0 Å². The minimum atomic E-state index is -0.0144. The number of nitrogens with zero attached hydrogens (tertiary/aromatic N) is 3. The van der Waals surface area contributed by atoms with Gasteiger partial charge in [-0.05, 0) is 35.0 Å². The molecule has 0 unspecified atom stereocenters. The van der Waals surface area contributed by atoms with Crippen molar-refractivity contribution >= 4 is 15.9 Å². The first kappa shape index (κ1) is 13.5. The van der Waals surface area contributed by atoms with E-state index in [1.807, 2.05) is 25.1 Å². The van der Waals surface area contributed by atoms with Crippen LogP contribution in [0.1, 0.15) is 22.8 Å². The van der Waals surface area contributed by atoms with E-state index < -0.39 is 0 Å². The SMILES string of the molecule is Cc1nc2c(c(=O)[nH]1)CN(Cc1cccc(Br)n1)CC2. The van der Waals surface area contributed by atoms with Crippen molar-refractivity contribution in [3.8, 4) is 0 Å². The summed E-state index contributed by atoms with van der Waals surface area (Å²) in [6.07, 6.45) is 0.814. The van der Waals surface area contributed by atoms with Crippen LogP contribution in [0.2, 0.25) is 0 Å². The Morgan fingerprint density at radius 2 is 2.25 bits per heavy atom. The fourth-order valence-electron chi connectivity index (χ4n) is 2.51. The Balaban J connectivity index is 1.81. The van der Waals surface area contributed by atoms with Crippen molar-refractivity contribution < 1.29 is 0 Å². The van der Waals surface area contributed by atoms with Crippen molar-refractivity contribution in [2.45, 2.75) is 26.4 Å². The van der Waals surface area contributed by atoms with Crippen LogP contribution in [0.4, 0.5) is 0 Å². The molecule has 1 aliphatic heterocycles. The topological polar surface area (TPSA) is 61.9 Å². The summed E-state index contributed by atoms with van der Waals surface area (Å²) in [7, 11) is 0. The maximum Gasteiger partial charge on any atom is 0.255 e. The van der Waals surface area contributed by atoms with Gasteiger partial charge in [-0.3, -0.25) is 9.69 Å². The smallest absolute Gasteiger partial charge is 0.255 e. The standard InChI is InChI=1S/C14H15BrN4O/c1-9-16-12-5-6-19(8-11(12)14(20)17-9)7-10-3-2-4-13(15)18-10/h2-4H,5-8H2,1H3,(H,16,17,20). The second kappa shape index (κ2) is 5.46. The molecule has 0 spiro atoms. The minimum Gasteiger partial charge on any atom is -0.310 e. The summed E-state index contributed by atoms with van der Waals surface area (Å²) in [5, 5.41) is 0. The highest BCUT2D eigenvalue weighted by molar-refractivity contribution is 9.10. The predicted molar refractivity (Wildman–Crippen MR) is 79.3 cm³/mol. The number of aromatic amines is 1. The summed E-state index contributed by atoms with van der Waals surface area (Å²) in [5.74, 6) is 0.691. The van der Waals surface area contributed by atoms with E-state index in [2.05, 4.69) is 35.8 Å². The van der Waals surface area contributed by atoms with Gasteiger partial charge in [-0.2, -0.15) is 0 Å². The van der Waals surface area contributed by atoms with Crippen LogP contribution in [-0.4, -0.2) is 26.4 Å². The Kier molecular flexibility index (Phi) is 3.67. The van der Waals surface area contributed by atoms with E-state index in [4.69, 9.17) is 0 Å². The monoisotopic (exact) mass is 334 g/mol. The van der Waals surface area contributed by atoms with Crippen LogP contribution in [0.5, 0.6) is 0 Å². The summed E-state index contributed by atoms with van der Waals surface area (Å²) >= 11 is 3.38. The molecule has 6 heteroatoms. The van der Waals surface area contributed by atoms with E-state index >= 15 is 0 Å². The molecule has 1 N–H and O–H groups in total. The maximum atomic E-state index is 12.0. The van der Waals surface area contributed by atoms with Gasteiger partial charge in [0, 0.05) is 26.1 Å². The lowest BCUT2D eigenvalue weighted by Crippen LogP contribution is -2.35. The van der Waals surface area contributed by atoms with Crippen LogP contribution in [0, 0.1) is 6.92 Å². The van der Waals surface area contributed by atoms with Crippen molar-refractivity contribution in [2.75, 3.05) is 6.54 Å². The van der Waals surface area contributed by atoms with Gasteiger partial charge in [-0.25, -0.2) is 9.97 Å². The number of hydrogen-bond acceptors (Lipinski definition) is 4. The van der Waals surface area contributed by atoms with Gasteiger partial charge in [-0.1, -0.05) is 6.07 Å². The molecule has 0 aromatic carbocycles. The van der Waals surface area contributed by atoms with Crippen LogP contribution < -0.4 is 5.56 Å². The molecular formula is C14H15BrN4O. The lowest BCUT2D eigenvalue weighted by Gasteiger charge is -2.27. The molecule has 3 heterocycles. The number of H-pyrrole nitrogens is 1. The lowest BCUT2D eigenvalue weighted by molar-refractivity contribution is 0.238. The summed E-state index contributed by atoms with van der Waals surface area (Å²) < 4.78 is 0.836. The molecule has 20 heavy (non-hydrogen) atoms. The van der Waals surface area contributed by atoms with Crippen molar-refractivity contribution in [2.24, 2.45) is 0 Å². The number of halogens is 1. The Morgan fingerprint density at radius 1 is 1.40 bits per heavy atom. The zero-order valence-corrected chi connectivity index (χ0v) is 12.8. The van der Waals surface area contributed by atoms with Gasteiger partial charge in [0.2, 0.25) is 0 Å². The second-order valence-corrected chi connectivity index (χ2v) is 5.80. The van der Waals surface area contributed by atoms with Gasteiger partial charge in [0.05, 0.1) is 17.0 Å². The van der Waals surface area contributed by atoms with Crippen molar-refractivity contribution in [3.63, 3.8) is 0 Å². The van der Waals surface area contributed by atoms with E-state index in [0.717, 1.165) is 41.1 Å². The maximum absolute atomic E-state index is 12.0. The van der Waals surface area contributed by atoms with Crippen LogP contribution in [-0.2, 0) is 19.5 Å². The van der Waals surface area contributed by atoms with Crippen LogP contribution in [0.25, 0.3) is 0 Å². The molecule has 0 aliphatic carbocycles. The highest BCUT2D eigenvalue weighted by Crippen LogP contribution is 2.16. The summed E-state index contributed by atoms with van der Waals surface area (Å²) in [5.41, 5.74) is 2.71. The largest absolute Gasteiger partial charge is 0.310 e. The Bertz CT molecular complexity index is 698. The Morgan fingerprint density at radius 3 is 3.05 bits per heavy atom. The van der Waals surface area contributed by atoms with Gasteiger partial charge in [-0.15, -0.1) is 0 Å². The second-order valence-electron chi connectivity index (χ2n) is 4.99. The summed E-state index contributed by atoms with van der Waals surface area (Å²) in [4.78, 5) is 25.9. The highest BCUT2D eigenvalue weighted by Gasteiger charge is 2.20. The molecule has 5 nitrogen and oxygen atoms in total. The van der Waals surface area contributed by atoms with E-state index in [9.17, 15) is 4.79 Å². The minimum absolute atomic E-state index is 0.0144. The number of nitrogens with one attached hydrogen (secondary N) is 1. The molecule has 0 amide bonds. The number of aromatic nitrogens is 3. The van der Waals surface area contributed by atoms with Crippen molar-refractivity contribution in [1.82, 2.24) is 19.9 Å². The molecule has 104 valence electrons. The van der Waals surface area contributed by atoms with E-state index in [-0.39, 0.29) is 5.56 Å². The first-order valence-corrected chi connectivity index (χ1v) is 7.33. The molecule has 0 fully saturated rings. The fourth-order valence-corrected chi connectivity index (χ4v) is 2.89. The number of rotatable bonds is 2. The first-order chi connectivity index (χ1) is 9.61. The van der Waals surface area contributed by atoms with E-state index in [1.165, 1.54) is 0 Å². The summed E-state index contributed by atoms with van der Waals surface area (Å²) in [6, 6.07) is 5.88. The van der Waals surface area contributed by atoms with Gasteiger partial charge < -0.3 is 4.98 Å².